The number of allylic oxidation sites excluding steroid dienone is 2. The van der Waals surface area contributed by atoms with Crippen LogP contribution in [0.25, 0.3) is 0 Å². The lowest BCUT2D eigenvalue weighted by molar-refractivity contribution is -0.146. The van der Waals surface area contributed by atoms with Gasteiger partial charge in [-0.25, -0.2) is 0 Å². The number of hydrogen-bond donors (Lipinski definition) is 0. The fraction of sp³-hybridized carbons (Fsp3) is 0.667. The van der Waals surface area contributed by atoms with E-state index in [1.165, 1.54) is 0 Å². The van der Waals surface area contributed by atoms with Gasteiger partial charge in [0.2, 0.25) is 17.7 Å². The van der Waals surface area contributed by atoms with Crippen molar-refractivity contribution in [1.82, 2.24) is 9.80 Å². The summed E-state index contributed by atoms with van der Waals surface area (Å²) in [6.45, 7) is 1.35. The van der Waals surface area contributed by atoms with Gasteiger partial charge >= 0.3 is 0 Å². The Bertz CT molecular complexity index is 511. The monoisotopic (exact) mass is 310 g/mol. The number of likely N-dealkylation sites (tertiary alicyclic amines) is 2. The highest BCUT2D eigenvalue weighted by Crippen LogP contribution is 2.38. The van der Waals surface area contributed by atoms with Crippen LogP contribution in [0.5, 0.6) is 0 Å². The van der Waals surface area contributed by atoms with Crippen molar-refractivity contribution in [2.45, 2.75) is 32.1 Å². The van der Waals surface area contributed by atoms with E-state index in [0.29, 0.717) is 17.9 Å². The van der Waals surface area contributed by atoms with Crippen molar-refractivity contribution < 1.29 is 14.4 Å². The van der Waals surface area contributed by atoms with Gasteiger partial charge in [0.25, 0.3) is 0 Å². The maximum absolute atomic E-state index is 12.4. The van der Waals surface area contributed by atoms with Gasteiger partial charge in [-0.15, -0.1) is 0 Å². The standard InChI is InChI=1S/C15H19ClN2O3/c16-10-4-5-11-12(8-10)15(21)18(14(11)20)9-13(19)17-6-2-1-3-7-17/h4,11-12H,1-3,5-9H2/t11-,12+/m0/s1. The summed E-state index contributed by atoms with van der Waals surface area (Å²) in [5.41, 5.74) is 0. The SMILES string of the molecule is O=C(CN1C(=O)[C@H]2CC=C(Cl)C[C@H]2C1=O)N1CCCCC1. The first kappa shape index (κ1) is 14.6. The number of imide groups is 1. The Hall–Kier alpha value is -1.36. The van der Waals surface area contributed by atoms with Crippen LogP contribution >= 0.6 is 11.6 Å². The molecule has 114 valence electrons. The van der Waals surface area contributed by atoms with E-state index in [1.807, 2.05) is 6.08 Å². The van der Waals surface area contributed by atoms with Crippen LogP contribution in [0.2, 0.25) is 0 Å². The average Bonchev–Trinajstić information content (AvgIpc) is 2.73. The molecule has 21 heavy (non-hydrogen) atoms. The van der Waals surface area contributed by atoms with E-state index in [9.17, 15) is 14.4 Å². The number of halogens is 1. The van der Waals surface area contributed by atoms with Gasteiger partial charge in [0, 0.05) is 18.1 Å². The second-order valence-electron chi connectivity index (χ2n) is 6.01. The fourth-order valence-electron chi connectivity index (χ4n) is 3.43. The normalized spacial score (nSPS) is 29.5. The van der Waals surface area contributed by atoms with Crippen molar-refractivity contribution in [3.8, 4) is 0 Å². The molecule has 0 spiro atoms. The number of rotatable bonds is 2. The van der Waals surface area contributed by atoms with Crippen molar-refractivity contribution in [2.24, 2.45) is 11.8 Å². The van der Waals surface area contributed by atoms with E-state index >= 15 is 0 Å². The van der Waals surface area contributed by atoms with Gasteiger partial charge in [0.15, 0.2) is 0 Å². The Kier molecular flexibility index (Phi) is 4.02. The summed E-state index contributed by atoms with van der Waals surface area (Å²) in [5, 5.41) is 0.640. The van der Waals surface area contributed by atoms with Crippen LogP contribution in [0, 0.1) is 11.8 Å². The summed E-state index contributed by atoms with van der Waals surface area (Å²) < 4.78 is 0. The van der Waals surface area contributed by atoms with Crippen molar-refractivity contribution >= 4 is 29.3 Å². The number of fused-ring (bicyclic) bond motifs is 1. The highest BCUT2D eigenvalue weighted by atomic mass is 35.5. The lowest BCUT2D eigenvalue weighted by Gasteiger charge is -2.28. The second-order valence-corrected chi connectivity index (χ2v) is 6.49. The van der Waals surface area contributed by atoms with Crippen LogP contribution in [-0.2, 0) is 14.4 Å². The summed E-state index contributed by atoms with van der Waals surface area (Å²) >= 11 is 5.98. The molecule has 0 N–H and O–H groups in total. The third-order valence-electron chi connectivity index (χ3n) is 4.66. The van der Waals surface area contributed by atoms with Crippen LogP contribution in [0.15, 0.2) is 11.1 Å². The number of nitrogens with zero attached hydrogens (tertiary/aromatic N) is 2. The molecule has 5 nitrogen and oxygen atoms in total. The Morgan fingerprint density at radius 2 is 1.81 bits per heavy atom. The van der Waals surface area contributed by atoms with Gasteiger partial charge in [-0.2, -0.15) is 0 Å². The molecule has 0 unspecified atom stereocenters. The van der Waals surface area contributed by atoms with Crippen molar-refractivity contribution in [2.75, 3.05) is 19.6 Å². The third-order valence-corrected chi connectivity index (χ3v) is 4.97. The van der Waals surface area contributed by atoms with Gasteiger partial charge in [0.1, 0.15) is 6.54 Å². The molecule has 2 aliphatic heterocycles. The van der Waals surface area contributed by atoms with Crippen LogP contribution in [0.3, 0.4) is 0 Å². The van der Waals surface area contributed by atoms with Gasteiger partial charge in [-0.3, -0.25) is 19.3 Å². The smallest absolute Gasteiger partial charge is 0.242 e. The molecule has 0 aromatic rings. The molecule has 0 radical (unpaired) electrons. The van der Waals surface area contributed by atoms with Crippen LogP contribution in [-0.4, -0.2) is 47.2 Å². The molecule has 0 bridgehead atoms. The molecule has 3 amide bonds. The predicted octanol–water partition coefficient (Wildman–Crippen LogP) is 1.52. The first-order valence-electron chi connectivity index (χ1n) is 7.55. The second kappa shape index (κ2) is 5.79. The maximum Gasteiger partial charge on any atom is 0.242 e. The first-order chi connectivity index (χ1) is 10.1. The minimum absolute atomic E-state index is 0.109. The Morgan fingerprint density at radius 1 is 1.14 bits per heavy atom. The molecule has 1 aliphatic carbocycles. The van der Waals surface area contributed by atoms with Gasteiger partial charge in [0.05, 0.1) is 11.8 Å². The molecule has 2 saturated heterocycles. The van der Waals surface area contributed by atoms with Crippen molar-refractivity contribution in [3.05, 3.63) is 11.1 Å². The molecule has 2 heterocycles. The van der Waals surface area contributed by atoms with E-state index in [4.69, 9.17) is 11.6 Å². The lowest BCUT2D eigenvalue weighted by Crippen LogP contribution is -2.44. The Morgan fingerprint density at radius 3 is 2.52 bits per heavy atom. The fourth-order valence-corrected chi connectivity index (χ4v) is 3.69. The zero-order chi connectivity index (χ0) is 15.0. The van der Waals surface area contributed by atoms with Crippen LogP contribution in [0.4, 0.5) is 0 Å². The van der Waals surface area contributed by atoms with E-state index in [-0.39, 0.29) is 36.1 Å². The molecular weight excluding hydrogens is 292 g/mol. The number of amides is 3. The van der Waals surface area contributed by atoms with Crippen molar-refractivity contribution in [3.63, 3.8) is 0 Å². The quantitative estimate of drug-likeness (QED) is 0.727. The average molecular weight is 311 g/mol. The zero-order valence-electron chi connectivity index (χ0n) is 11.9. The summed E-state index contributed by atoms with van der Waals surface area (Å²) in [5.74, 6) is -1.26. The molecule has 0 aromatic heterocycles. The largest absolute Gasteiger partial charge is 0.341 e. The van der Waals surface area contributed by atoms with Gasteiger partial charge < -0.3 is 4.90 Å². The molecule has 0 aromatic carbocycles. The van der Waals surface area contributed by atoms with Crippen LogP contribution in [0.1, 0.15) is 32.1 Å². The molecule has 0 saturated carbocycles. The summed E-state index contributed by atoms with van der Waals surface area (Å²) in [7, 11) is 0. The molecular formula is C15H19ClN2O3. The minimum atomic E-state index is -0.371. The predicted molar refractivity (Wildman–Crippen MR) is 77.3 cm³/mol. The molecule has 6 heteroatoms. The number of piperidine rings is 1. The molecule has 2 atom stereocenters. The van der Waals surface area contributed by atoms with E-state index in [2.05, 4.69) is 0 Å². The molecule has 3 aliphatic rings. The number of carbonyl (C=O) groups excluding carboxylic acids is 3. The lowest BCUT2D eigenvalue weighted by atomic mass is 9.85. The number of carbonyl (C=O) groups is 3. The van der Waals surface area contributed by atoms with Gasteiger partial charge in [-0.05, 0) is 32.1 Å². The topological polar surface area (TPSA) is 57.7 Å². The molecule has 2 fully saturated rings. The highest BCUT2D eigenvalue weighted by molar-refractivity contribution is 6.30. The third kappa shape index (κ3) is 2.71. The Labute approximate surface area is 128 Å². The first-order valence-corrected chi connectivity index (χ1v) is 7.93. The molecule has 3 rings (SSSR count). The number of hydrogen-bond acceptors (Lipinski definition) is 3. The summed E-state index contributed by atoms with van der Waals surface area (Å²) in [4.78, 5) is 39.9. The van der Waals surface area contributed by atoms with E-state index in [1.54, 1.807) is 4.90 Å². The Balaban J connectivity index is 1.67. The highest BCUT2D eigenvalue weighted by Gasteiger charge is 2.49. The van der Waals surface area contributed by atoms with Crippen LogP contribution < -0.4 is 0 Å². The zero-order valence-corrected chi connectivity index (χ0v) is 12.6. The van der Waals surface area contributed by atoms with Crippen molar-refractivity contribution in [1.29, 1.82) is 0 Å². The minimum Gasteiger partial charge on any atom is -0.341 e. The van der Waals surface area contributed by atoms with E-state index in [0.717, 1.165) is 37.3 Å². The maximum atomic E-state index is 12.4. The summed E-state index contributed by atoms with van der Waals surface area (Å²) in [6, 6.07) is 0. The summed E-state index contributed by atoms with van der Waals surface area (Å²) in [6.07, 6.45) is 5.87. The van der Waals surface area contributed by atoms with Gasteiger partial charge in [-0.1, -0.05) is 17.7 Å². The van der Waals surface area contributed by atoms with E-state index < -0.39 is 0 Å².